The lowest BCUT2D eigenvalue weighted by molar-refractivity contribution is 0.0780. The molecule has 0 aliphatic carbocycles. The van der Waals surface area contributed by atoms with Crippen molar-refractivity contribution in [3.8, 4) is 0 Å². The fourth-order valence-corrected chi connectivity index (χ4v) is 5.11. The molecule has 2 atom stereocenters. The summed E-state index contributed by atoms with van der Waals surface area (Å²) in [6.45, 7) is 7.14. The van der Waals surface area contributed by atoms with Crippen LogP contribution in [0.25, 0.3) is 0 Å². The minimum atomic E-state index is -3.77. The van der Waals surface area contributed by atoms with Crippen LogP contribution in [0.4, 0.5) is 5.69 Å². The first-order valence-corrected chi connectivity index (χ1v) is 11.0. The zero-order chi connectivity index (χ0) is 19.9. The van der Waals surface area contributed by atoms with Gasteiger partial charge >= 0.3 is 0 Å². The van der Waals surface area contributed by atoms with Crippen LogP contribution in [-0.4, -0.2) is 45.4 Å². The number of amides is 1. The Bertz CT molecular complexity index is 990. The Hall–Kier alpha value is -2.38. The molecule has 2 heterocycles. The zero-order valence-electron chi connectivity index (χ0n) is 16.1. The van der Waals surface area contributed by atoms with Gasteiger partial charge < -0.3 is 10.2 Å². The third-order valence-electron chi connectivity index (χ3n) is 5.73. The van der Waals surface area contributed by atoms with Crippen molar-refractivity contribution in [2.45, 2.75) is 18.7 Å². The van der Waals surface area contributed by atoms with Crippen molar-refractivity contribution in [3.63, 3.8) is 0 Å². The fraction of sp³-hybridized carbons (Fsp3) is 0.381. The lowest BCUT2D eigenvalue weighted by Gasteiger charge is -2.19. The van der Waals surface area contributed by atoms with Crippen molar-refractivity contribution >= 4 is 21.6 Å². The maximum Gasteiger partial charge on any atom is 0.261 e. The number of rotatable bonds is 4. The van der Waals surface area contributed by atoms with Crippen molar-refractivity contribution in [2.24, 2.45) is 11.8 Å². The maximum absolute atomic E-state index is 13.1. The molecular formula is C21H25N3O3S. The fourth-order valence-electron chi connectivity index (χ4n) is 4.03. The van der Waals surface area contributed by atoms with Gasteiger partial charge in [0.1, 0.15) is 0 Å². The van der Waals surface area contributed by atoms with Gasteiger partial charge in [-0.3, -0.25) is 9.52 Å². The largest absolute Gasteiger partial charge is 0.338 e. The molecule has 2 saturated heterocycles. The van der Waals surface area contributed by atoms with E-state index in [1.807, 2.05) is 30.9 Å². The Morgan fingerprint density at radius 2 is 1.68 bits per heavy atom. The number of nitrogens with one attached hydrogen (secondary N) is 2. The van der Waals surface area contributed by atoms with Crippen LogP contribution in [0.2, 0.25) is 0 Å². The van der Waals surface area contributed by atoms with E-state index >= 15 is 0 Å². The van der Waals surface area contributed by atoms with Crippen LogP contribution in [0.5, 0.6) is 0 Å². The number of carbonyl (C=O) groups excluding carboxylic acids is 1. The van der Waals surface area contributed by atoms with Crippen LogP contribution in [0, 0.1) is 25.7 Å². The molecule has 2 aliphatic heterocycles. The molecule has 2 N–H and O–H groups in total. The number of carbonyl (C=O) groups is 1. The van der Waals surface area contributed by atoms with Crippen molar-refractivity contribution in [1.29, 1.82) is 0 Å². The molecule has 1 amide bonds. The second-order valence-electron chi connectivity index (χ2n) is 7.84. The summed E-state index contributed by atoms with van der Waals surface area (Å²) in [7, 11) is -3.77. The molecule has 7 heteroatoms. The van der Waals surface area contributed by atoms with Gasteiger partial charge in [0.15, 0.2) is 0 Å². The van der Waals surface area contributed by atoms with Gasteiger partial charge in [-0.05, 0) is 55.5 Å². The van der Waals surface area contributed by atoms with Crippen molar-refractivity contribution < 1.29 is 13.2 Å². The first-order valence-electron chi connectivity index (χ1n) is 9.53. The molecular weight excluding hydrogens is 374 g/mol. The van der Waals surface area contributed by atoms with E-state index in [1.165, 1.54) is 6.07 Å². The summed E-state index contributed by atoms with van der Waals surface area (Å²) in [5.74, 6) is 0.915. The van der Waals surface area contributed by atoms with E-state index in [4.69, 9.17) is 0 Å². The SMILES string of the molecule is Cc1ccc(NS(=O)(=O)c2ccc(C)c(C(=O)N3C[C@H]4CNC[C@H]4C3)c2)cc1. The molecule has 2 aromatic carbocycles. The topological polar surface area (TPSA) is 78.5 Å². The number of benzene rings is 2. The quantitative estimate of drug-likeness (QED) is 0.828. The first kappa shape index (κ1) is 19.0. The molecule has 0 spiro atoms. The molecule has 0 bridgehead atoms. The Kier molecular flexibility index (Phi) is 4.89. The van der Waals surface area contributed by atoms with Gasteiger partial charge in [-0.15, -0.1) is 0 Å². The predicted molar refractivity (Wildman–Crippen MR) is 109 cm³/mol. The summed E-state index contributed by atoms with van der Waals surface area (Å²) in [6.07, 6.45) is 0. The summed E-state index contributed by atoms with van der Waals surface area (Å²) in [6, 6.07) is 11.9. The molecule has 0 radical (unpaired) electrons. The highest BCUT2D eigenvalue weighted by molar-refractivity contribution is 7.92. The number of fused-ring (bicyclic) bond motifs is 1. The molecule has 2 fully saturated rings. The van der Waals surface area contributed by atoms with Crippen LogP contribution in [0.1, 0.15) is 21.5 Å². The first-order chi connectivity index (χ1) is 13.3. The van der Waals surface area contributed by atoms with E-state index in [2.05, 4.69) is 10.0 Å². The van der Waals surface area contributed by atoms with Crippen molar-refractivity contribution in [1.82, 2.24) is 10.2 Å². The average molecular weight is 400 g/mol. The van der Waals surface area contributed by atoms with Crippen LogP contribution in [0.15, 0.2) is 47.4 Å². The van der Waals surface area contributed by atoms with Crippen LogP contribution in [-0.2, 0) is 10.0 Å². The van der Waals surface area contributed by atoms with Crippen molar-refractivity contribution in [2.75, 3.05) is 30.9 Å². The van der Waals surface area contributed by atoms with Crippen molar-refractivity contribution in [3.05, 3.63) is 59.2 Å². The van der Waals surface area contributed by atoms with Gasteiger partial charge in [-0.1, -0.05) is 23.8 Å². The van der Waals surface area contributed by atoms with Crippen LogP contribution in [0.3, 0.4) is 0 Å². The Labute approximate surface area is 166 Å². The highest BCUT2D eigenvalue weighted by Crippen LogP contribution is 2.29. The second-order valence-corrected chi connectivity index (χ2v) is 9.52. The minimum absolute atomic E-state index is 0.0840. The standard InChI is InChI=1S/C21H25N3O3S/c1-14-3-6-18(7-4-14)23-28(26,27)19-8-5-15(2)20(9-19)21(25)24-12-16-10-22-11-17(16)13-24/h3-9,16-17,22-23H,10-13H2,1-2H3/t16-,17+. The predicted octanol–water partition coefficient (Wildman–Crippen LogP) is 2.40. The van der Waals surface area contributed by atoms with E-state index in [1.54, 1.807) is 24.3 Å². The normalized spacial score (nSPS) is 21.6. The monoisotopic (exact) mass is 399 g/mol. The third kappa shape index (κ3) is 3.64. The molecule has 4 rings (SSSR count). The summed E-state index contributed by atoms with van der Waals surface area (Å²) in [5, 5.41) is 3.36. The summed E-state index contributed by atoms with van der Waals surface area (Å²) >= 11 is 0. The number of sulfonamides is 1. The summed E-state index contributed by atoms with van der Waals surface area (Å²) in [4.78, 5) is 15.0. The third-order valence-corrected chi connectivity index (χ3v) is 7.11. The Morgan fingerprint density at radius 3 is 2.32 bits per heavy atom. The zero-order valence-corrected chi connectivity index (χ0v) is 16.9. The lowest BCUT2D eigenvalue weighted by Crippen LogP contribution is -2.32. The molecule has 6 nitrogen and oxygen atoms in total. The Balaban J connectivity index is 1.58. The summed E-state index contributed by atoms with van der Waals surface area (Å²) < 4.78 is 28.2. The maximum atomic E-state index is 13.1. The number of hydrogen-bond donors (Lipinski definition) is 2. The van der Waals surface area contributed by atoms with E-state index in [9.17, 15) is 13.2 Å². The molecule has 0 unspecified atom stereocenters. The van der Waals surface area contributed by atoms with Gasteiger partial charge in [0.2, 0.25) is 0 Å². The molecule has 2 aliphatic rings. The smallest absolute Gasteiger partial charge is 0.261 e. The van der Waals surface area contributed by atoms with Gasteiger partial charge in [-0.25, -0.2) is 8.42 Å². The highest BCUT2D eigenvalue weighted by Gasteiger charge is 2.38. The summed E-state index contributed by atoms with van der Waals surface area (Å²) in [5.41, 5.74) is 2.80. The number of hydrogen-bond acceptors (Lipinski definition) is 4. The molecule has 0 saturated carbocycles. The number of aryl methyl sites for hydroxylation is 2. The van der Waals surface area contributed by atoms with Gasteiger partial charge in [0.25, 0.3) is 15.9 Å². The Morgan fingerprint density at radius 1 is 1.04 bits per heavy atom. The second kappa shape index (κ2) is 7.22. The molecule has 148 valence electrons. The molecule has 28 heavy (non-hydrogen) atoms. The van der Waals surface area contributed by atoms with E-state index < -0.39 is 10.0 Å². The van der Waals surface area contributed by atoms with E-state index in [0.717, 1.165) is 37.3 Å². The van der Waals surface area contributed by atoms with Crippen LogP contribution < -0.4 is 10.0 Å². The van der Waals surface area contributed by atoms with Crippen LogP contribution >= 0.6 is 0 Å². The molecule has 2 aromatic rings. The lowest BCUT2D eigenvalue weighted by atomic mass is 10.0. The minimum Gasteiger partial charge on any atom is -0.338 e. The number of nitrogens with zero attached hydrogens (tertiary/aromatic N) is 1. The molecule has 0 aromatic heterocycles. The highest BCUT2D eigenvalue weighted by atomic mass is 32.2. The van der Waals surface area contributed by atoms with E-state index in [-0.39, 0.29) is 10.8 Å². The van der Waals surface area contributed by atoms with Gasteiger partial charge in [0, 0.05) is 37.4 Å². The van der Waals surface area contributed by atoms with Gasteiger partial charge in [0.05, 0.1) is 4.90 Å². The number of likely N-dealkylation sites (tertiary alicyclic amines) is 1. The van der Waals surface area contributed by atoms with E-state index in [0.29, 0.717) is 23.1 Å². The number of anilines is 1. The van der Waals surface area contributed by atoms with Gasteiger partial charge in [-0.2, -0.15) is 0 Å². The average Bonchev–Trinajstić information content (AvgIpc) is 3.25.